The molecule has 0 aliphatic rings. The van der Waals surface area contributed by atoms with E-state index in [1.807, 2.05) is 18.2 Å². The molecule has 0 aromatic heterocycles. The predicted molar refractivity (Wildman–Crippen MR) is 34.2 cm³/mol. The highest BCUT2D eigenvalue weighted by atomic mass is 31.0. The number of rotatable bonds is 1. The molecule has 0 atom stereocenters. The molecule has 0 aliphatic heterocycles. The van der Waals surface area contributed by atoms with Crippen LogP contribution in [0.2, 0.25) is 0 Å². The average Bonchev–Trinajstić information content (AvgIpc) is 1.90. The Morgan fingerprint density at radius 1 is 1.50 bits per heavy atom. The van der Waals surface area contributed by atoms with E-state index in [4.69, 9.17) is 0 Å². The van der Waals surface area contributed by atoms with E-state index in [0.29, 0.717) is 5.75 Å². The normalized spacial score (nSPS) is 8.62. The largest absolute Gasteiger partial charge is 0.673 e. The van der Waals surface area contributed by atoms with Gasteiger partial charge in [0.15, 0.2) is 0 Å². The summed E-state index contributed by atoms with van der Waals surface area (Å²) in [5, 5.41) is 0. The second kappa shape index (κ2) is 2.68. The van der Waals surface area contributed by atoms with Crippen LogP contribution >= 0.6 is 9.47 Å². The second-order valence-corrected chi connectivity index (χ2v) is 1.53. The van der Waals surface area contributed by atoms with Crippen molar-refractivity contribution in [1.82, 2.24) is 0 Å². The second-order valence-electron chi connectivity index (χ2n) is 1.33. The molecule has 2 heteroatoms. The molecule has 0 N–H and O–H groups in total. The molecule has 1 nitrogen and oxygen atoms in total. The van der Waals surface area contributed by atoms with Gasteiger partial charge >= 0.3 is 0 Å². The van der Waals surface area contributed by atoms with Crippen molar-refractivity contribution in [2.45, 2.75) is 0 Å². The zero-order valence-electron chi connectivity index (χ0n) is 4.22. The fourth-order valence-electron chi connectivity index (χ4n) is 0.440. The third kappa shape index (κ3) is 1.21. The molecule has 1 rings (SSSR count). The van der Waals surface area contributed by atoms with Crippen LogP contribution < -0.4 is 4.52 Å². The minimum absolute atomic E-state index is 0.698. The Hall–Kier alpha value is -0.550. The zero-order valence-corrected chi connectivity index (χ0v) is 5.22. The van der Waals surface area contributed by atoms with Crippen LogP contribution in [0.3, 0.4) is 0 Å². The number of para-hydroxylation sites is 1. The Balaban J connectivity index is 2.83. The highest BCUT2D eigenvalue weighted by molar-refractivity contribution is 7.10. The topological polar surface area (TPSA) is 9.23 Å². The summed E-state index contributed by atoms with van der Waals surface area (Å²) < 4.78 is 4.66. The van der Waals surface area contributed by atoms with Gasteiger partial charge < -0.3 is 14.0 Å². The number of hydrogen-bond acceptors (Lipinski definition) is 1. The monoisotopic (exact) mass is 124 g/mol. The van der Waals surface area contributed by atoms with Gasteiger partial charge in [-0.15, -0.1) is 0 Å². The average molecular weight is 124 g/mol. The summed E-state index contributed by atoms with van der Waals surface area (Å²) in [5.41, 5.74) is 0. The predicted octanol–water partition coefficient (Wildman–Crippen LogP) is 1.92. The van der Waals surface area contributed by atoms with Crippen molar-refractivity contribution in [3.05, 3.63) is 30.3 Å². The Kier molecular flexibility index (Phi) is 1.87. The van der Waals surface area contributed by atoms with Crippen molar-refractivity contribution in [2.75, 3.05) is 0 Å². The van der Waals surface area contributed by atoms with E-state index in [1.54, 1.807) is 6.07 Å². The summed E-state index contributed by atoms with van der Waals surface area (Å²) in [7, 11) is 2.87. The van der Waals surface area contributed by atoms with E-state index in [1.165, 1.54) is 0 Å². The maximum Gasteiger partial charge on any atom is 0.0922 e. The van der Waals surface area contributed by atoms with Crippen LogP contribution in [0.1, 0.15) is 0 Å². The van der Waals surface area contributed by atoms with E-state index in [9.17, 15) is 0 Å². The number of benzene rings is 1. The summed E-state index contributed by atoms with van der Waals surface area (Å²) in [6.07, 6.45) is 0. The van der Waals surface area contributed by atoms with Gasteiger partial charge in [0.25, 0.3) is 0 Å². The first kappa shape index (κ1) is 5.58. The lowest BCUT2D eigenvalue weighted by Crippen LogP contribution is -1.69. The third-order valence-electron chi connectivity index (χ3n) is 0.790. The minimum atomic E-state index is 0.698. The molecule has 0 heterocycles. The van der Waals surface area contributed by atoms with E-state index in [0.717, 1.165) is 0 Å². The van der Waals surface area contributed by atoms with Gasteiger partial charge in [0, 0.05) is 6.07 Å². The Bertz CT molecular complexity index is 150. The highest BCUT2D eigenvalue weighted by Crippen LogP contribution is 2.08. The molecular weight excluding hydrogens is 119 g/mol. The van der Waals surface area contributed by atoms with E-state index >= 15 is 0 Å². The third-order valence-corrected chi connectivity index (χ3v) is 1.01. The first-order valence-corrected chi connectivity index (χ1v) is 2.64. The SMILES string of the molecule is [PH-]Oc1[c]cccc1. The van der Waals surface area contributed by atoms with Crippen molar-refractivity contribution >= 4 is 9.47 Å². The van der Waals surface area contributed by atoms with Gasteiger partial charge in [-0.1, -0.05) is 18.2 Å². The molecule has 1 radical (unpaired) electrons. The van der Waals surface area contributed by atoms with Crippen LogP contribution in [0, 0.1) is 6.07 Å². The molecule has 41 valence electrons. The van der Waals surface area contributed by atoms with Crippen molar-refractivity contribution < 1.29 is 4.52 Å². The fraction of sp³-hybridized carbons (Fsp3) is 0. The first-order valence-electron chi connectivity index (χ1n) is 2.24. The summed E-state index contributed by atoms with van der Waals surface area (Å²) in [4.78, 5) is 0. The summed E-state index contributed by atoms with van der Waals surface area (Å²) in [6, 6.07) is 10.2. The van der Waals surface area contributed by atoms with Crippen LogP contribution in [-0.2, 0) is 0 Å². The molecule has 8 heavy (non-hydrogen) atoms. The molecule has 0 bridgehead atoms. The summed E-state index contributed by atoms with van der Waals surface area (Å²) in [6.45, 7) is 0. The lowest BCUT2D eigenvalue weighted by Gasteiger charge is -2.04. The zero-order chi connectivity index (χ0) is 5.82. The Morgan fingerprint density at radius 2 is 2.38 bits per heavy atom. The quantitative estimate of drug-likeness (QED) is 0.519. The lowest BCUT2D eigenvalue weighted by atomic mass is 10.3. The van der Waals surface area contributed by atoms with Gasteiger partial charge in [-0.2, -0.15) is 0 Å². The summed E-state index contributed by atoms with van der Waals surface area (Å²) in [5.74, 6) is 0.698. The van der Waals surface area contributed by atoms with Crippen LogP contribution in [0.25, 0.3) is 0 Å². The molecular formula is C6H5OP-. The lowest BCUT2D eigenvalue weighted by molar-refractivity contribution is 0.645. The van der Waals surface area contributed by atoms with Crippen molar-refractivity contribution in [2.24, 2.45) is 0 Å². The minimum Gasteiger partial charge on any atom is -0.673 e. The van der Waals surface area contributed by atoms with Crippen molar-refractivity contribution in [3.63, 3.8) is 0 Å². The molecule has 0 saturated carbocycles. The standard InChI is InChI=1S/C6H5OP/c8-7-6-4-2-1-3-5-6/h1-4,8H/q-1. The van der Waals surface area contributed by atoms with Gasteiger partial charge in [-0.3, -0.25) is 0 Å². The molecule has 1 aromatic rings. The Labute approximate surface area is 51.0 Å². The van der Waals surface area contributed by atoms with Gasteiger partial charge in [0.05, 0.1) is 5.75 Å². The fourth-order valence-corrected chi connectivity index (χ4v) is 0.567. The molecule has 0 unspecified atom stereocenters. The van der Waals surface area contributed by atoms with Crippen LogP contribution in [0.15, 0.2) is 24.3 Å². The maximum atomic E-state index is 4.66. The van der Waals surface area contributed by atoms with E-state index in [2.05, 4.69) is 20.1 Å². The van der Waals surface area contributed by atoms with Gasteiger partial charge in [0.1, 0.15) is 0 Å². The van der Waals surface area contributed by atoms with Crippen LogP contribution in [0.5, 0.6) is 5.75 Å². The number of hydrogen-bond donors (Lipinski definition) is 0. The van der Waals surface area contributed by atoms with Gasteiger partial charge in [-0.05, 0) is 6.07 Å². The van der Waals surface area contributed by atoms with Crippen molar-refractivity contribution in [3.8, 4) is 5.75 Å². The highest BCUT2D eigenvalue weighted by Gasteiger charge is 1.77. The van der Waals surface area contributed by atoms with E-state index in [-0.39, 0.29) is 0 Å². The molecule has 0 spiro atoms. The summed E-state index contributed by atoms with van der Waals surface area (Å²) >= 11 is 0. The van der Waals surface area contributed by atoms with E-state index < -0.39 is 0 Å². The maximum absolute atomic E-state index is 4.66. The molecule has 0 amide bonds. The molecule has 1 aromatic carbocycles. The van der Waals surface area contributed by atoms with Crippen molar-refractivity contribution in [1.29, 1.82) is 0 Å². The molecule has 0 aliphatic carbocycles. The van der Waals surface area contributed by atoms with Gasteiger partial charge in [0.2, 0.25) is 0 Å². The van der Waals surface area contributed by atoms with Gasteiger partial charge in [-0.25, -0.2) is 0 Å². The van der Waals surface area contributed by atoms with Crippen LogP contribution in [-0.4, -0.2) is 0 Å². The first-order chi connectivity index (χ1) is 3.93. The molecule has 0 fully saturated rings. The van der Waals surface area contributed by atoms with Crippen LogP contribution in [0.4, 0.5) is 0 Å². The Morgan fingerprint density at radius 3 is 2.75 bits per heavy atom. The molecule has 0 saturated heterocycles. The smallest absolute Gasteiger partial charge is 0.0922 e.